The first kappa shape index (κ1) is 13.7. The summed E-state index contributed by atoms with van der Waals surface area (Å²) in [6.07, 6.45) is -0.0996. The van der Waals surface area contributed by atoms with Gasteiger partial charge in [0, 0.05) is 26.6 Å². The molecule has 3 N–H and O–H groups in total. The number of nitrogens with zero attached hydrogens (tertiary/aromatic N) is 1. The van der Waals surface area contributed by atoms with Crippen LogP contribution in [0.15, 0.2) is 30.3 Å². The molecule has 1 amide bonds. The molecule has 0 saturated carbocycles. The molecular formula is C13H20N2O2. The lowest BCUT2D eigenvalue weighted by atomic mass is 10.0. The van der Waals surface area contributed by atoms with Crippen molar-refractivity contribution in [2.75, 3.05) is 13.6 Å². The van der Waals surface area contributed by atoms with Crippen LogP contribution in [0.25, 0.3) is 0 Å². The Labute approximate surface area is 102 Å². The monoisotopic (exact) mass is 236 g/mol. The van der Waals surface area contributed by atoms with Crippen molar-refractivity contribution < 1.29 is 9.90 Å². The summed E-state index contributed by atoms with van der Waals surface area (Å²) < 4.78 is 0. The second kappa shape index (κ2) is 6.37. The number of nitrogens with two attached hydrogens (primary N) is 1. The van der Waals surface area contributed by atoms with E-state index in [4.69, 9.17) is 5.73 Å². The SMILES string of the molecule is CC(=O)N(C)C[C@H](O)[C@H](N)Cc1ccccc1. The van der Waals surface area contributed by atoms with Gasteiger partial charge in [-0.05, 0) is 12.0 Å². The van der Waals surface area contributed by atoms with E-state index in [9.17, 15) is 9.90 Å². The number of carbonyl (C=O) groups excluding carboxylic acids is 1. The summed E-state index contributed by atoms with van der Waals surface area (Å²) in [5, 5.41) is 9.88. The largest absolute Gasteiger partial charge is 0.390 e. The van der Waals surface area contributed by atoms with Crippen molar-refractivity contribution in [2.24, 2.45) is 5.73 Å². The summed E-state index contributed by atoms with van der Waals surface area (Å²) in [4.78, 5) is 12.5. The fourth-order valence-electron chi connectivity index (χ4n) is 1.57. The highest BCUT2D eigenvalue weighted by Crippen LogP contribution is 2.05. The van der Waals surface area contributed by atoms with E-state index in [1.54, 1.807) is 7.05 Å². The van der Waals surface area contributed by atoms with E-state index in [-0.39, 0.29) is 18.5 Å². The molecule has 0 radical (unpaired) electrons. The van der Waals surface area contributed by atoms with Crippen molar-refractivity contribution in [3.8, 4) is 0 Å². The molecule has 0 bridgehead atoms. The van der Waals surface area contributed by atoms with E-state index in [1.165, 1.54) is 11.8 Å². The summed E-state index contributed by atoms with van der Waals surface area (Å²) in [6, 6.07) is 9.41. The third-order valence-corrected chi connectivity index (χ3v) is 2.81. The van der Waals surface area contributed by atoms with Crippen molar-refractivity contribution in [3.05, 3.63) is 35.9 Å². The minimum absolute atomic E-state index is 0.0732. The lowest BCUT2D eigenvalue weighted by molar-refractivity contribution is -0.128. The molecule has 2 atom stereocenters. The Hall–Kier alpha value is -1.39. The maximum Gasteiger partial charge on any atom is 0.219 e. The molecule has 1 rings (SSSR count). The van der Waals surface area contributed by atoms with Crippen LogP contribution in [0, 0.1) is 0 Å². The van der Waals surface area contributed by atoms with Crippen LogP contribution in [0.4, 0.5) is 0 Å². The van der Waals surface area contributed by atoms with Crippen LogP contribution in [0.2, 0.25) is 0 Å². The number of hydrogen-bond acceptors (Lipinski definition) is 3. The summed E-state index contributed by atoms with van der Waals surface area (Å²) in [5.74, 6) is -0.0732. The van der Waals surface area contributed by atoms with Crippen LogP contribution in [-0.2, 0) is 11.2 Å². The Balaban J connectivity index is 2.47. The Kier molecular flexibility index (Phi) is 5.12. The lowest BCUT2D eigenvalue weighted by Gasteiger charge is -2.24. The predicted octanol–water partition coefficient (Wildman–Crippen LogP) is 0.396. The van der Waals surface area contributed by atoms with Gasteiger partial charge in [0.25, 0.3) is 0 Å². The number of likely N-dealkylation sites (N-methyl/N-ethyl adjacent to an activating group) is 1. The predicted molar refractivity (Wildman–Crippen MR) is 67.4 cm³/mol. The number of aliphatic hydroxyl groups excluding tert-OH is 1. The van der Waals surface area contributed by atoms with Crippen molar-refractivity contribution in [1.29, 1.82) is 0 Å². The van der Waals surface area contributed by atoms with Crippen LogP contribution in [-0.4, -0.2) is 41.7 Å². The van der Waals surface area contributed by atoms with Crippen LogP contribution in [0.1, 0.15) is 12.5 Å². The molecule has 0 aliphatic rings. The summed E-state index contributed by atoms with van der Waals surface area (Å²) in [5.41, 5.74) is 7.00. The maximum absolute atomic E-state index is 11.0. The fraction of sp³-hybridized carbons (Fsp3) is 0.462. The molecule has 0 aliphatic heterocycles. The number of carbonyl (C=O) groups is 1. The van der Waals surface area contributed by atoms with Gasteiger partial charge < -0.3 is 15.7 Å². The molecule has 0 heterocycles. The van der Waals surface area contributed by atoms with Gasteiger partial charge in [0.2, 0.25) is 5.91 Å². The van der Waals surface area contributed by atoms with Gasteiger partial charge in [0.15, 0.2) is 0 Å². The van der Waals surface area contributed by atoms with Gasteiger partial charge >= 0.3 is 0 Å². The van der Waals surface area contributed by atoms with E-state index in [2.05, 4.69) is 0 Å². The maximum atomic E-state index is 11.0. The van der Waals surface area contributed by atoms with Crippen molar-refractivity contribution >= 4 is 5.91 Å². The van der Waals surface area contributed by atoms with Gasteiger partial charge in [-0.1, -0.05) is 30.3 Å². The molecule has 4 heteroatoms. The smallest absolute Gasteiger partial charge is 0.219 e. The van der Waals surface area contributed by atoms with E-state index >= 15 is 0 Å². The quantitative estimate of drug-likeness (QED) is 0.777. The standard InChI is InChI=1S/C13H20N2O2/c1-10(16)15(2)9-13(17)12(14)8-11-6-4-3-5-7-11/h3-7,12-13,17H,8-9,14H2,1-2H3/t12-,13+/m1/s1. The van der Waals surface area contributed by atoms with Crippen LogP contribution in [0.5, 0.6) is 0 Å². The first-order valence-corrected chi connectivity index (χ1v) is 5.70. The normalized spacial score (nSPS) is 14.1. The molecule has 0 spiro atoms. The fourth-order valence-corrected chi connectivity index (χ4v) is 1.57. The minimum atomic E-state index is -0.705. The number of amides is 1. The molecule has 94 valence electrons. The van der Waals surface area contributed by atoms with Crippen LogP contribution >= 0.6 is 0 Å². The molecule has 4 nitrogen and oxygen atoms in total. The first-order chi connectivity index (χ1) is 8.00. The van der Waals surface area contributed by atoms with E-state index in [0.717, 1.165) is 5.56 Å². The zero-order valence-corrected chi connectivity index (χ0v) is 10.3. The average Bonchev–Trinajstić information content (AvgIpc) is 2.29. The number of hydrogen-bond donors (Lipinski definition) is 2. The van der Waals surface area contributed by atoms with Gasteiger partial charge in [-0.25, -0.2) is 0 Å². The van der Waals surface area contributed by atoms with Crippen LogP contribution in [0.3, 0.4) is 0 Å². The van der Waals surface area contributed by atoms with Crippen molar-refractivity contribution in [3.63, 3.8) is 0 Å². The van der Waals surface area contributed by atoms with Gasteiger partial charge in [-0.3, -0.25) is 4.79 Å². The number of rotatable bonds is 5. The molecular weight excluding hydrogens is 216 g/mol. The summed E-state index contributed by atoms with van der Waals surface area (Å²) in [7, 11) is 1.65. The Morgan fingerprint density at radius 3 is 2.53 bits per heavy atom. The van der Waals surface area contributed by atoms with Crippen molar-refractivity contribution in [2.45, 2.75) is 25.5 Å². The average molecular weight is 236 g/mol. The molecule has 0 aromatic heterocycles. The second-order valence-corrected chi connectivity index (χ2v) is 4.32. The first-order valence-electron chi connectivity index (χ1n) is 5.70. The lowest BCUT2D eigenvalue weighted by Crippen LogP contribution is -2.44. The topological polar surface area (TPSA) is 66.6 Å². The minimum Gasteiger partial charge on any atom is -0.390 e. The molecule has 17 heavy (non-hydrogen) atoms. The molecule has 0 fully saturated rings. The Morgan fingerprint density at radius 1 is 1.41 bits per heavy atom. The van der Waals surface area contributed by atoms with Gasteiger partial charge in [-0.15, -0.1) is 0 Å². The molecule has 1 aromatic carbocycles. The van der Waals surface area contributed by atoms with E-state index in [1.807, 2.05) is 30.3 Å². The second-order valence-electron chi connectivity index (χ2n) is 4.32. The molecule has 0 unspecified atom stereocenters. The van der Waals surface area contributed by atoms with Crippen molar-refractivity contribution in [1.82, 2.24) is 4.90 Å². The zero-order valence-electron chi connectivity index (χ0n) is 10.3. The van der Waals surface area contributed by atoms with E-state index in [0.29, 0.717) is 6.42 Å². The molecule has 0 saturated heterocycles. The Morgan fingerprint density at radius 2 is 2.00 bits per heavy atom. The summed E-state index contributed by atoms with van der Waals surface area (Å²) in [6.45, 7) is 1.73. The van der Waals surface area contributed by atoms with Gasteiger partial charge in [0.05, 0.1) is 6.10 Å². The van der Waals surface area contributed by atoms with Crippen LogP contribution < -0.4 is 5.73 Å². The number of benzene rings is 1. The van der Waals surface area contributed by atoms with Gasteiger partial charge in [0.1, 0.15) is 0 Å². The third kappa shape index (κ3) is 4.54. The third-order valence-electron chi connectivity index (χ3n) is 2.81. The van der Waals surface area contributed by atoms with E-state index < -0.39 is 6.10 Å². The highest BCUT2D eigenvalue weighted by Gasteiger charge is 2.18. The zero-order chi connectivity index (χ0) is 12.8. The molecule has 0 aliphatic carbocycles. The highest BCUT2D eigenvalue weighted by molar-refractivity contribution is 5.72. The summed E-state index contributed by atoms with van der Waals surface area (Å²) >= 11 is 0. The number of aliphatic hydroxyl groups is 1. The Bertz CT molecular complexity index is 354. The van der Waals surface area contributed by atoms with Gasteiger partial charge in [-0.2, -0.15) is 0 Å². The highest BCUT2D eigenvalue weighted by atomic mass is 16.3. The molecule has 1 aromatic rings.